The van der Waals surface area contributed by atoms with Gasteiger partial charge in [-0.3, -0.25) is 0 Å². The summed E-state index contributed by atoms with van der Waals surface area (Å²) in [5, 5.41) is 3.00. The molecule has 0 saturated heterocycles. The highest BCUT2D eigenvalue weighted by Gasteiger charge is 2.13. The minimum absolute atomic E-state index is 0.287. The van der Waals surface area contributed by atoms with Gasteiger partial charge in [0, 0.05) is 0 Å². The summed E-state index contributed by atoms with van der Waals surface area (Å²) >= 11 is 1.67. The number of esters is 1. The van der Waals surface area contributed by atoms with E-state index in [4.69, 9.17) is 4.42 Å². The predicted molar refractivity (Wildman–Crippen MR) is 81.0 cm³/mol. The number of benzene rings is 1. The van der Waals surface area contributed by atoms with Crippen LogP contribution >= 0.6 is 11.8 Å². The van der Waals surface area contributed by atoms with Crippen LogP contribution in [0, 0.1) is 5.82 Å². The molecule has 0 fully saturated rings. The molecule has 1 aromatic heterocycles. The molecule has 0 aliphatic carbocycles. The molecular weight excluding hydrogens is 293 g/mol. The van der Waals surface area contributed by atoms with Gasteiger partial charge in [0.05, 0.1) is 30.7 Å². The summed E-state index contributed by atoms with van der Waals surface area (Å²) in [7, 11) is 1.29. The first-order valence-electron chi connectivity index (χ1n) is 6.32. The van der Waals surface area contributed by atoms with E-state index in [1.165, 1.54) is 25.3 Å². The van der Waals surface area contributed by atoms with Crippen LogP contribution in [-0.4, -0.2) is 19.3 Å². The highest BCUT2D eigenvalue weighted by atomic mass is 32.2. The van der Waals surface area contributed by atoms with Crippen LogP contribution in [0.2, 0.25) is 0 Å². The number of hydrogen-bond donors (Lipinski definition) is 1. The van der Waals surface area contributed by atoms with Crippen LogP contribution in [0.1, 0.15) is 21.9 Å². The molecule has 0 atom stereocenters. The molecule has 0 unspecified atom stereocenters. The number of halogens is 1. The van der Waals surface area contributed by atoms with Crippen molar-refractivity contribution in [2.75, 3.05) is 18.7 Å². The van der Waals surface area contributed by atoms with Crippen molar-refractivity contribution in [3.63, 3.8) is 0 Å². The molecule has 0 amide bonds. The number of carbonyl (C=O) groups excluding carboxylic acids is 1. The van der Waals surface area contributed by atoms with E-state index in [1.807, 2.05) is 18.4 Å². The Balaban J connectivity index is 2.11. The Hall–Kier alpha value is -1.95. The molecule has 4 nitrogen and oxygen atoms in total. The molecule has 1 N–H and O–H groups in total. The predicted octanol–water partition coefficient (Wildman–Crippen LogP) is 3.68. The lowest BCUT2D eigenvalue weighted by atomic mass is 10.1. The van der Waals surface area contributed by atoms with Gasteiger partial charge in [0.1, 0.15) is 17.3 Å². The second kappa shape index (κ2) is 7.17. The van der Waals surface area contributed by atoms with Crippen molar-refractivity contribution < 1.29 is 18.3 Å². The number of furan rings is 1. The quantitative estimate of drug-likeness (QED) is 0.825. The first-order chi connectivity index (χ1) is 10.1. The topological polar surface area (TPSA) is 51.5 Å². The highest BCUT2D eigenvalue weighted by Crippen LogP contribution is 2.20. The highest BCUT2D eigenvalue weighted by molar-refractivity contribution is 7.97. The van der Waals surface area contributed by atoms with Gasteiger partial charge < -0.3 is 14.5 Å². The van der Waals surface area contributed by atoms with Gasteiger partial charge in [-0.15, -0.1) is 0 Å². The average molecular weight is 309 g/mol. The molecule has 0 spiro atoms. The Morgan fingerprint density at radius 3 is 2.81 bits per heavy atom. The molecule has 21 heavy (non-hydrogen) atoms. The molecule has 1 aromatic carbocycles. The van der Waals surface area contributed by atoms with Crippen LogP contribution < -0.4 is 5.32 Å². The Labute approximate surface area is 126 Å². The normalized spacial score (nSPS) is 10.4. The van der Waals surface area contributed by atoms with Crippen molar-refractivity contribution in [2.45, 2.75) is 12.3 Å². The number of anilines is 1. The lowest BCUT2D eigenvalue weighted by molar-refractivity contribution is 0.0601. The van der Waals surface area contributed by atoms with Crippen LogP contribution in [0.5, 0.6) is 0 Å². The first-order valence-corrected chi connectivity index (χ1v) is 7.71. The van der Waals surface area contributed by atoms with Crippen molar-refractivity contribution >= 4 is 23.4 Å². The summed E-state index contributed by atoms with van der Waals surface area (Å²) in [4.78, 5) is 11.6. The lowest BCUT2D eigenvalue weighted by Crippen LogP contribution is -2.08. The summed E-state index contributed by atoms with van der Waals surface area (Å²) in [5.41, 5.74) is 0.666. The fourth-order valence-corrected chi connectivity index (χ4v) is 2.31. The zero-order valence-electron chi connectivity index (χ0n) is 11.8. The van der Waals surface area contributed by atoms with Gasteiger partial charge in [-0.2, -0.15) is 11.8 Å². The lowest BCUT2D eigenvalue weighted by Gasteiger charge is -2.09. The fraction of sp³-hybridized carbons (Fsp3) is 0.267. The van der Waals surface area contributed by atoms with E-state index in [9.17, 15) is 9.18 Å². The third kappa shape index (κ3) is 4.01. The monoisotopic (exact) mass is 309 g/mol. The van der Waals surface area contributed by atoms with Crippen LogP contribution in [0.15, 0.2) is 34.7 Å². The first kappa shape index (κ1) is 15.4. The van der Waals surface area contributed by atoms with E-state index < -0.39 is 11.8 Å². The Bertz CT molecular complexity index is 627. The van der Waals surface area contributed by atoms with Crippen LogP contribution in [-0.2, 0) is 17.0 Å². The Kier molecular flexibility index (Phi) is 5.27. The molecule has 0 aliphatic heterocycles. The molecule has 0 aliphatic rings. The molecule has 0 radical (unpaired) electrons. The van der Waals surface area contributed by atoms with Crippen molar-refractivity contribution in [1.29, 1.82) is 0 Å². The van der Waals surface area contributed by atoms with Crippen molar-refractivity contribution in [2.24, 2.45) is 0 Å². The molecule has 0 bridgehead atoms. The second-order valence-corrected chi connectivity index (χ2v) is 5.20. The number of carbonyl (C=O) groups is 1. The maximum Gasteiger partial charge on any atom is 0.339 e. The molecule has 1 heterocycles. The number of methoxy groups -OCH3 is 1. The molecule has 0 saturated carbocycles. The third-order valence-corrected chi connectivity index (χ3v) is 3.42. The van der Waals surface area contributed by atoms with Gasteiger partial charge in [-0.25, -0.2) is 9.18 Å². The fourth-order valence-electron chi connectivity index (χ4n) is 1.87. The molecule has 6 heteroatoms. The Morgan fingerprint density at radius 1 is 1.33 bits per heavy atom. The zero-order valence-corrected chi connectivity index (χ0v) is 12.6. The molecule has 112 valence electrons. The largest absolute Gasteiger partial charge is 0.465 e. The van der Waals surface area contributed by atoms with Gasteiger partial charge in [0.25, 0.3) is 0 Å². The van der Waals surface area contributed by atoms with E-state index in [0.29, 0.717) is 12.2 Å². The minimum atomic E-state index is -0.514. The number of hydrogen-bond acceptors (Lipinski definition) is 5. The van der Waals surface area contributed by atoms with Crippen molar-refractivity contribution in [1.82, 2.24) is 0 Å². The minimum Gasteiger partial charge on any atom is -0.465 e. The summed E-state index contributed by atoms with van der Waals surface area (Å²) in [6.07, 6.45) is 2.00. The van der Waals surface area contributed by atoms with Crippen LogP contribution in [0.3, 0.4) is 0 Å². The van der Waals surface area contributed by atoms with E-state index in [1.54, 1.807) is 11.8 Å². The standard InChI is InChI=1S/C15H16FNO3S/c1-19-15(18)13-6-3-10(16)7-14(13)17-8-11-4-5-12(20-11)9-21-2/h3-7,17H,8-9H2,1-2H3. The zero-order chi connectivity index (χ0) is 15.2. The number of rotatable bonds is 6. The maximum absolute atomic E-state index is 13.3. The summed E-state index contributed by atoms with van der Waals surface area (Å²) in [6.45, 7) is 0.363. The summed E-state index contributed by atoms with van der Waals surface area (Å²) < 4.78 is 23.6. The van der Waals surface area contributed by atoms with E-state index in [0.717, 1.165) is 17.3 Å². The van der Waals surface area contributed by atoms with Crippen molar-refractivity contribution in [3.05, 3.63) is 53.2 Å². The Morgan fingerprint density at radius 2 is 2.10 bits per heavy atom. The third-order valence-electron chi connectivity index (χ3n) is 2.84. The van der Waals surface area contributed by atoms with E-state index in [-0.39, 0.29) is 5.56 Å². The van der Waals surface area contributed by atoms with Gasteiger partial charge in [-0.05, 0) is 36.6 Å². The number of thioether (sulfide) groups is 1. The molecular formula is C15H16FNO3S. The van der Waals surface area contributed by atoms with Crippen LogP contribution in [0.4, 0.5) is 10.1 Å². The van der Waals surface area contributed by atoms with Gasteiger partial charge in [0.15, 0.2) is 0 Å². The van der Waals surface area contributed by atoms with E-state index >= 15 is 0 Å². The number of nitrogens with one attached hydrogen (secondary N) is 1. The SMILES string of the molecule is COC(=O)c1ccc(F)cc1NCc1ccc(CSC)o1. The smallest absolute Gasteiger partial charge is 0.339 e. The second-order valence-electron chi connectivity index (χ2n) is 4.34. The van der Waals surface area contributed by atoms with Gasteiger partial charge in [-0.1, -0.05) is 0 Å². The average Bonchev–Trinajstić information content (AvgIpc) is 2.92. The molecule has 2 aromatic rings. The summed E-state index contributed by atoms with van der Waals surface area (Å²) in [5.74, 6) is 1.46. The van der Waals surface area contributed by atoms with Gasteiger partial charge >= 0.3 is 5.97 Å². The van der Waals surface area contributed by atoms with Crippen molar-refractivity contribution in [3.8, 4) is 0 Å². The van der Waals surface area contributed by atoms with Gasteiger partial charge in [0.2, 0.25) is 0 Å². The molecule has 2 rings (SSSR count). The van der Waals surface area contributed by atoms with E-state index in [2.05, 4.69) is 10.1 Å². The maximum atomic E-state index is 13.3. The number of ether oxygens (including phenoxy) is 1. The van der Waals surface area contributed by atoms with Crippen LogP contribution in [0.25, 0.3) is 0 Å². The summed E-state index contributed by atoms with van der Waals surface area (Å²) in [6, 6.07) is 7.64.